The molecule has 0 bridgehead atoms. The summed E-state index contributed by atoms with van der Waals surface area (Å²) in [7, 11) is 1.13. The Labute approximate surface area is 112 Å². The van der Waals surface area contributed by atoms with Crippen molar-refractivity contribution >= 4 is 11.7 Å². The van der Waals surface area contributed by atoms with Crippen molar-refractivity contribution in [3.05, 3.63) is 62.6 Å². The van der Waals surface area contributed by atoms with Gasteiger partial charge < -0.3 is 4.74 Å². The number of hydrogen-bond donors (Lipinski definition) is 0. The third-order valence-electron chi connectivity index (χ3n) is 2.49. The monoisotopic (exact) mass is 275 g/mol. The molecule has 1 aromatic heterocycles. The Morgan fingerprint density at radius 2 is 2.15 bits per heavy atom. The lowest BCUT2D eigenvalue weighted by Crippen LogP contribution is -2.21. The van der Waals surface area contributed by atoms with Crippen molar-refractivity contribution in [3.63, 3.8) is 0 Å². The smallest absolute Gasteiger partial charge is 0.362 e. The van der Waals surface area contributed by atoms with Crippen LogP contribution in [0.5, 0.6) is 0 Å². The van der Waals surface area contributed by atoms with Crippen molar-refractivity contribution in [2.24, 2.45) is 0 Å². The molecule has 0 N–H and O–H groups in total. The molecule has 1 aromatic carbocycles. The fourth-order valence-corrected chi connectivity index (χ4v) is 1.54. The number of hydrogen-bond acceptors (Lipinski definition) is 6. The highest BCUT2D eigenvalue weighted by Gasteiger charge is 2.14. The largest absolute Gasteiger partial charge is 0.464 e. The molecule has 0 aliphatic heterocycles. The van der Waals surface area contributed by atoms with E-state index in [0.717, 1.165) is 13.2 Å². The number of ether oxygens (including phenoxy) is 1. The minimum Gasteiger partial charge on any atom is -0.464 e. The number of aromatic nitrogens is 2. The Morgan fingerprint density at radius 1 is 1.40 bits per heavy atom. The molecule has 0 aliphatic carbocycles. The van der Waals surface area contributed by atoms with E-state index in [4.69, 9.17) is 0 Å². The van der Waals surface area contributed by atoms with Crippen LogP contribution in [-0.2, 0) is 4.74 Å². The molecule has 0 atom stereocenters. The molecule has 0 fully saturated rings. The number of carbonyl (C=O) groups excluding carboxylic acids is 1. The van der Waals surface area contributed by atoms with Crippen LogP contribution in [0.3, 0.4) is 0 Å². The van der Waals surface area contributed by atoms with E-state index in [1.54, 1.807) is 6.07 Å². The molecule has 0 saturated heterocycles. The lowest BCUT2D eigenvalue weighted by Gasteiger charge is -2.06. The van der Waals surface area contributed by atoms with Gasteiger partial charge in [0.25, 0.3) is 5.69 Å². The topological polar surface area (TPSA) is 104 Å². The maximum atomic E-state index is 11.5. The Kier molecular flexibility index (Phi) is 3.56. The molecule has 0 radical (unpaired) electrons. The summed E-state index contributed by atoms with van der Waals surface area (Å²) < 4.78 is 5.64. The van der Waals surface area contributed by atoms with Gasteiger partial charge in [0.1, 0.15) is 0 Å². The van der Waals surface area contributed by atoms with Crippen LogP contribution in [0.1, 0.15) is 10.5 Å². The van der Waals surface area contributed by atoms with E-state index in [2.05, 4.69) is 9.84 Å². The quantitative estimate of drug-likeness (QED) is 0.468. The predicted octanol–water partition coefficient (Wildman–Crippen LogP) is 0.927. The van der Waals surface area contributed by atoms with Crippen LogP contribution in [0.15, 0.2) is 41.3 Å². The molecule has 102 valence electrons. The molecule has 8 heteroatoms. The number of esters is 1. The van der Waals surface area contributed by atoms with Gasteiger partial charge in [-0.25, -0.2) is 9.48 Å². The average Bonchev–Trinajstić information content (AvgIpc) is 2.47. The molecule has 1 heterocycles. The molecular formula is C12H9N3O5. The van der Waals surface area contributed by atoms with Gasteiger partial charge in [-0.05, 0) is 6.07 Å². The van der Waals surface area contributed by atoms with Crippen molar-refractivity contribution in [2.75, 3.05) is 7.11 Å². The van der Waals surface area contributed by atoms with Gasteiger partial charge in [-0.1, -0.05) is 6.07 Å². The van der Waals surface area contributed by atoms with E-state index in [0.29, 0.717) is 5.69 Å². The van der Waals surface area contributed by atoms with E-state index in [1.807, 2.05) is 0 Å². The van der Waals surface area contributed by atoms with Gasteiger partial charge in [0.15, 0.2) is 0 Å². The third kappa shape index (κ3) is 2.53. The van der Waals surface area contributed by atoms with Crippen LogP contribution < -0.4 is 5.43 Å². The highest BCUT2D eigenvalue weighted by atomic mass is 16.6. The summed E-state index contributed by atoms with van der Waals surface area (Å²) in [6.45, 7) is 0. The first-order valence-corrected chi connectivity index (χ1v) is 5.46. The molecule has 0 unspecified atom stereocenters. The van der Waals surface area contributed by atoms with Gasteiger partial charge in [-0.15, -0.1) is 0 Å². The Hall–Kier alpha value is -3.03. The molecule has 20 heavy (non-hydrogen) atoms. The summed E-state index contributed by atoms with van der Waals surface area (Å²) in [6.07, 6.45) is 1.31. The van der Waals surface area contributed by atoms with Crippen molar-refractivity contribution < 1.29 is 14.5 Å². The Bertz CT molecular complexity index is 738. The summed E-state index contributed by atoms with van der Waals surface area (Å²) in [4.78, 5) is 33.0. The third-order valence-corrected chi connectivity index (χ3v) is 2.49. The number of non-ortho nitro benzene ring substituents is 1. The van der Waals surface area contributed by atoms with Gasteiger partial charge in [0.05, 0.1) is 17.7 Å². The van der Waals surface area contributed by atoms with E-state index >= 15 is 0 Å². The van der Waals surface area contributed by atoms with E-state index in [-0.39, 0.29) is 11.4 Å². The molecule has 0 spiro atoms. The average molecular weight is 275 g/mol. The normalized spacial score (nSPS) is 10.1. The van der Waals surface area contributed by atoms with Crippen molar-refractivity contribution in [3.8, 4) is 5.69 Å². The number of methoxy groups -OCH3 is 1. The number of nitro benzene ring substituents is 1. The molecule has 0 aliphatic rings. The van der Waals surface area contributed by atoms with Gasteiger partial charge in [-0.2, -0.15) is 5.10 Å². The van der Waals surface area contributed by atoms with Crippen LogP contribution in [0.2, 0.25) is 0 Å². The fraction of sp³-hybridized carbons (Fsp3) is 0.0833. The molecule has 0 saturated carbocycles. The second-order valence-electron chi connectivity index (χ2n) is 3.74. The van der Waals surface area contributed by atoms with Crippen LogP contribution in [0.25, 0.3) is 5.69 Å². The molecule has 8 nitrogen and oxygen atoms in total. The lowest BCUT2D eigenvalue weighted by molar-refractivity contribution is -0.384. The second kappa shape index (κ2) is 5.31. The van der Waals surface area contributed by atoms with Crippen LogP contribution in [0.4, 0.5) is 5.69 Å². The maximum absolute atomic E-state index is 11.5. The zero-order valence-corrected chi connectivity index (χ0v) is 10.3. The van der Waals surface area contributed by atoms with Gasteiger partial charge in [0.2, 0.25) is 11.1 Å². The first-order chi connectivity index (χ1) is 9.52. The van der Waals surface area contributed by atoms with E-state index in [9.17, 15) is 19.7 Å². The number of benzene rings is 1. The lowest BCUT2D eigenvalue weighted by atomic mass is 10.3. The van der Waals surface area contributed by atoms with Gasteiger partial charge in [-0.3, -0.25) is 14.9 Å². The van der Waals surface area contributed by atoms with Crippen LogP contribution in [0, 0.1) is 10.1 Å². The van der Waals surface area contributed by atoms with Crippen LogP contribution >= 0.6 is 0 Å². The van der Waals surface area contributed by atoms with Crippen LogP contribution in [-0.4, -0.2) is 27.8 Å². The highest BCUT2D eigenvalue weighted by molar-refractivity contribution is 5.86. The summed E-state index contributed by atoms with van der Waals surface area (Å²) >= 11 is 0. The molecule has 2 aromatic rings. The standard InChI is InChI=1S/C12H9N3O5/c1-20-12(17)11-10(16)5-6-14(13-11)8-3-2-4-9(7-8)15(18)19/h2-7H,1H3. The minimum absolute atomic E-state index is 0.123. The van der Waals surface area contributed by atoms with Crippen molar-refractivity contribution in [1.29, 1.82) is 0 Å². The van der Waals surface area contributed by atoms with Gasteiger partial charge >= 0.3 is 5.97 Å². The summed E-state index contributed by atoms with van der Waals surface area (Å²) in [5.74, 6) is -0.866. The van der Waals surface area contributed by atoms with Crippen molar-refractivity contribution in [1.82, 2.24) is 9.78 Å². The summed E-state index contributed by atoms with van der Waals surface area (Å²) in [6, 6.07) is 6.78. The van der Waals surface area contributed by atoms with Crippen molar-refractivity contribution in [2.45, 2.75) is 0 Å². The predicted molar refractivity (Wildman–Crippen MR) is 67.8 cm³/mol. The zero-order valence-electron chi connectivity index (χ0n) is 10.3. The number of nitrogens with zero attached hydrogens (tertiary/aromatic N) is 3. The van der Waals surface area contributed by atoms with E-state index < -0.39 is 16.3 Å². The van der Waals surface area contributed by atoms with Gasteiger partial charge in [0, 0.05) is 24.4 Å². The molecular weight excluding hydrogens is 266 g/mol. The maximum Gasteiger partial charge on any atom is 0.362 e. The fourth-order valence-electron chi connectivity index (χ4n) is 1.54. The number of nitro groups is 1. The van der Waals surface area contributed by atoms with E-state index in [1.165, 1.54) is 29.1 Å². The first-order valence-electron chi connectivity index (χ1n) is 5.46. The highest BCUT2D eigenvalue weighted by Crippen LogP contribution is 2.15. The first kappa shape index (κ1) is 13.4. The SMILES string of the molecule is COC(=O)c1nn(-c2cccc([N+](=O)[O-])c2)ccc1=O. The molecule has 0 amide bonds. The Balaban J connectivity index is 2.53. The minimum atomic E-state index is -0.866. The summed E-state index contributed by atoms with van der Waals surface area (Å²) in [5.41, 5.74) is -0.744. The molecule has 2 rings (SSSR count). The summed E-state index contributed by atoms with van der Waals surface area (Å²) in [5, 5.41) is 14.5. The second-order valence-corrected chi connectivity index (χ2v) is 3.74. The number of carbonyl (C=O) groups is 1. The zero-order chi connectivity index (χ0) is 14.7. The Morgan fingerprint density at radius 3 is 2.80 bits per heavy atom. The number of rotatable bonds is 3.